The van der Waals surface area contributed by atoms with Gasteiger partial charge >= 0.3 is 17.9 Å². The summed E-state index contributed by atoms with van der Waals surface area (Å²) in [6, 6.07) is 6.55. The number of cyclic esters (lactones) is 2. The quantitative estimate of drug-likeness (QED) is 0.0254. The van der Waals surface area contributed by atoms with Crippen molar-refractivity contribution >= 4 is 62.0 Å². The molecule has 0 amide bonds. The zero-order valence-corrected chi connectivity index (χ0v) is 48.3. The number of sulfonamides is 1. The van der Waals surface area contributed by atoms with Gasteiger partial charge in [0.05, 0.1) is 31.6 Å². The summed E-state index contributed by atoms with van der Waals surface area (Å²) in [5.41, 5.74) is 10.9. The first-order chi connectivity index (χ1) is 38.3. The molecule has 8 rings (SSSR count). The highest BCUT2D eigenvalue weighted by molar-refractivity contribution is 7.88. The fraction of sp³-hybridized carbons (Fsp3) is 0.526. The summed E-state index contributed by atoms with van der Waals surface area (Å²) in [6.45, 7) is 15.5. The van der Waals surface area contributed by atoms with Crippen LogP contribution >= 0.6 is 0 Å². The molecule has 81 heavy (non-hydrogen) atoms. The van der Waals surface area contributed by atoms with E-state index >= 15 is 0 Å². The van der Waals surface area contributed by atoms with Crippen molar-refractivity contribution in [3.8, 4) is 11.5 Å². The normalized spacial score (nSPS) is 27.3. The number of hydrogen-bond donors (Lipinski definition) is 2. The third-order valence-electron chi connectivity index (χ3n) is 13.6. The molecule has 0 aliphatic carbocycles. The Bertz CT molecular complexity index is 3210. The first-order valence-corrected chi connectivity index (χ1v) is 28.3. The Kier molecular flexibility index (Phi) is 20.3. The van der Waals surface area contributed by atoms with Crippen LogP contribution in [0.2, 0.25) is 0 Å². The molecule has 2 unspecified atom stereocenters. The van der Waals surface area contributed by atoms with E-state index in [4.69, 9.17) is 66.5 Å². The number of nitrogens with zero attached hydrogens (tertiary/aromatic N) is 3. The second-order valence-corrected chi connectivity index (χ2v) is 22.8. The smallest absolute Gasteiger partial charge is 0.342 e. The average molecular weight is 1150 g/mol. The topological polar surface area (TPSA) is 294 Å². The second kappa shape index (κ2) is 26.6. The molecule has 0 spiro atoms. The Labute approximate surface area is 470 Å². The van der Waals surface area contributed by atoms with Gasteiger partial charge in [-0.1, -0.05) is 61.5 Å². The summed E-state index contributed by atoms with van der Waals surface area (Å²) >= 11 is 0. The van der Waals surface area contributed by atoms with Crippen molar-refractivity contribution in [3.63, 3.8) is 0 Å². The molecule has 24 heteroatoms. The number of esters is 3. The van der Waals surface area contributed by atoms with Crippen LogP contribution in [0.25, 0.3) is 44.5 Å². The van der Waals surface area contributed by atoms with Crippen molar-refractivity contribution in [3.05, 3.63) is 105 Å². The van der Waals surface area contributed by atoms with Gasteiger partial charge in [-0.3, -0.25) is 4.79 Å². The molecule has 10 atom stereocenters. The van der Waals surface area contributed by atoms with Crippen molar-refractivity contribution in [1.82, 2.24) is 4.72 Å². The van der Waals surface area contributed by atoms with Crippen LogP contribution in [0.1, 0.15) is 119 Å². The van der Waals surface area contributed by atoms with Gasteiger partial charge in [-0.25, -0.2) is 22.7 Å². The predicted molar refractivity (Wildman–Crippen MR) is 295 cm³/mol. The van der Waals surface area contributed by atoms with E-state index in [0.29, 0.717) is 57.4 Å². The van der Waals surface area contributed by atoms with E-state index in [-0.39, 0.29) is 61.1 Å². The van der Waals surface area contributed by atoms with Crippen LogP contribution < -0.4 is 14.2 Å². The lowest BCUT2D eigenvalue weighted by Gasteiger charge is -2.25. The fourth-order valence-electron chi connectivity index (χ4n) is 9.55. The largest absolute Gasteiger partial charge is 0.466 e. The van der Waals surface area contributed by atoms with Crippen LogP contribution in [-0.4, -0.2) is 126 Å². The Morgan fingerprint density at radius 3 is 1.72 bits per heavy atom. The Balaban J connectivity index is 0.000000234. The summed E-state index contributed by atoms with van der Waals surface area (Å²) < 4.78 is 101. The molecule has 2 aromatic heterocycles. The monoisotopic (exact) mass is 1150 g/mol. The molecule has 0 saturated carbocycles. The molecule has 4 aromatic rings. The van der Waals surface area contributed by atoms with Gasteiger partial charge in [0.15, 0.2) is 25.2 Å². The van der Waals surface area contributed by atoms with Gasteiger partial charge < -0.3 is 66.0 Å². The molecule has 2 saturated heterocycles. The van der Waals surface area contributed by atoms with Crippen molar-refractivity contribution in [2.45, 2.75) is 149 Å². The molecule has 0 radical (unpaired) electrons. The minimum absolute atomic E-state index is 0.00912. The first-order valence-electron chi connectivity index (χ1n) is 26.4. The number of carbonyl (C=O) groups excluding carboxylic acids is 3. The first kappa shape index (κ1) is 62.0. The van der Waals surface area contributed by atoms with Gasteiger partial charge in [-0.15, -0.1) is 0 Å². The van der Waals surface area contributed by atoms with Crippen LogP contribution in [0.3, 0.4) is 0 Å². The Morgan fingerprint density at radius 1 is 0.741 bits per heavy atom. The third kappa shape index (κ3) is 15.9. The maximum absolute atomic E-state index is 13.7. The number of aliphatic hydroxyl groups is 1. The molecule has 23 nitrogen and oxygen atoms in total. The van der Waals surface area contributed by atoms with E-state index in [1.54, 1.807) is 96.2 Å². The van der Waals surface area contributed by atoms with Crippen molar-refractivity contribution in [1.29, 1.82) is 0 Å². The number of ether oxygens (including phenoxy) is 11. The highest BCUT2D eigenvalue weighted by Crippen LogP contribution is 2.40. The van der Waals surface area contributed by atoms with E-state index in [1.807, 2.05) is 32.1 Å². The number of methoxy groups -OCH3 is 2. The number of hydrogen-bond acceptors (Lipinski definition) is 20. The molecule has 4 aliphatic heterocycles. The van der Waals surface area contributed by atoms with E-state index in [9.17, 15) is 27.9 Å². The number of rotatable bonds is 12. The zero-order valence-electron chi connectivity index (χ0n) is 47.5. The van der Waals surface area contributed by atoms with Gasteiger partial charge in [0.2, 0.25) is 10.0 Å². The van der Waals surface area contributed by atoms with E-state index in [1.165, 1.54) is 21.1 Å². The van der Waals surface area contributed by atoms with Gasteiger partial charge in [0.25, 0.3) is 0 Å². The lowest BCUT2D eigenvalue weighted by molar-refractivity contribution is -0.165. The second-order valence-electron chi connectivity index (χ2n) is 21.0. The minimum Gasteiger partial charge on any atom is -0.466 e. The average Bonchev–Trinajstić information content (AvgIpc) is 4.20. The highest BCUT2D eigenvalue weighted by atomic mass is 32.2. The van der Waals surface area contributed by atoms with Gasteiger partial charge in [0, 0.05) is 71.9 Å². The van der Waals surface area contributed by atoms with Gasteiger partial charge in [-0.05, 0) is 78.1 Å². The molecule has 6 heterocycles. The number of nitrogens with one attached hydrogen (secondary N) is 1. The third-order valence-corrected chi connectivity index (χ3v) is 14.3. The van der Waals surface area contributed by atoms with E-state index in [2.05, 4.69) is 14.7 Å². The molecule has 4 aliphatic rings. The Morgan fingerprint density at radius 2 is 1.22 bits per heavy atom. The van der Waals surface area contributed by atoms with Crippen molar-refractivity contribution in [2.75, 3.05) is 34.1 Å². The van der Waals surface area contributed by atoms with Crippen LogP contribution in [0.15, 0.2) is 74.7 Å². The molecule has 2 N–H and O–H groups in total. The number of aliphatic hydroxyl groups excluding tert-OH is 1. The molecule has 0 bridgehead atoms. The number of fused-ring (bicyclic) bond motifs is 8. The van der Waals surface area contributed by atoms with Crippen LogP contribution in [0.5, 0.6) is 11.5 Å². The molecule has 440 valence electrons. The summed E-state index contributed by atoms with van der Waals surface area (Å²) in [6.07, 6.45) is 11.2. The van der Waals surface area contributed by atoms with Crippen LogP contribution in [0, 0.1) is 11.8 Å². The van der Waals surface area contributed by atoms with Crippen LogP contribution in [0.4, 0.5) is 0 Å². The van der Waals surface area contributed by atoms with Gasteiger partial charge in [-0.2, -0.15) is 0 Å². The molecule has 2 aromatic carbocycles. The van der Waals surface area contributed by atoms with Crippen molar-refractivity contribution < 1.29 is 88.8 Å². The lowest BCUT2D eigenvalue weighted by Crippen LogP contribution is -2.37. The summed E-state index contributed by atoms with van der Waals surface area (Å²) in [4.78, 5) is 42.1. The number of furan rings is 2. The minimum atomic E-state index is -3.46. The van der Waals surface area contributed by atoms with E-state index < -0.39 is 88.3 Å². The Hall–Kier alpha value is -6.57. The van der Waals surface area contributed by atoms with Crippen LogP contribution in [-0.2, 0) is 70.5 Å². The molecular formula is C57H72N4O19S. The number of benzene rings is 2. The molecular weight excluding hydrogens is 1080 g/mol. The lowest BCUT2D eigenvalue weighted by atomic mass is 9.97. The zero-order chi connectivity index (χ0) is 59.0. The van der Waals surface area contributed by atoms with E-state index in [0.717, 1.165) is 6.26 Å². The number of azide groups is 1. The SMILES string of the molecule is COCOc1cc2oc(CN=[N+]=[N-])cc2c2c1C(=O)O[C@@H](C)[C@H](C)/C=C\C(OC(C)=O)[C@H]1OC(C)(C)O[C@H]1CC=C2.COCOc1cc2oc(CNS(C)(=O)=O)cc2c2c1C(=O)O[C@@H](C)[C@H](C)/C=C\C(O)[C@H]1OC(C)(C)O[C@H]1CC=C2. The predicted octanol–water partition coefficient (Wildman–Crippen LogP) is 9.33. The standard InChI is InChI=1S/C29H35N3O9.C28H37NO10S/c1-16-10-11-22(38-18(3)33)27-23(40-29(4,5)41-27)9-7-8-20-21-12-19(14-31-32-30)39-24(21)13-25(36-15-35-6)26(20)28(34)37-17(16)2;1-16-10-11-21(30)26-22(38-28(3,4)39-26)9-7-8-19-20-12-18(14-29-40(6,32)33)37-23(20)13-24(35-15-34-5)25(19)27(31)36-17(16)2/h7-8,10-13,16-17,22-23,27H,9,14-15H2,1-6H3;7-8,10-13,16-17,21-22,26,29-30H,9,14-15H2,1-6H3/b2*8-7?,11-10-/t16-,17+,22?,23+,27-;16-,17+,21?,22+,26-/m11/s1. The van der Waals surface area contributed by atoms with Crippen molar-refractivity contribution in [2.24, 2.45) is 17.0 Å². The summed E-state index contributed by atoms with van der Waals surface area (Å²) in [5, 5.41) is 15.6. The maximum atomic E-state index is 13.7. The maximum Gasteiger partial charge on any atom is 0.342 e. The van der Waals surface area contributed by atoms with Gasteiger partial charge in [0.1, 0.15) is 81.9 Å². The summed E-state index contributed by atoms with van der Waals surface area (Å²) in [7, 11) is -0.529. The fourth-order valence-corrected chi connectivity index (χ4v) is 9.95. The molecule has 2 fully saturated rings. The summed E-state index contributed by atoms with van der Waals surface area (Å²) in [5.74, 6) is -2.78. The highest BCUT2D eigenvalue weighted by Gasteiger charge is 2.46. The number of carbonyl (C=O) groups is 3.